The third kappa shape index (κ3) is 4.99. The van der Waals surface area contributed by atoms with Crippen molar-refractivity contribution in [2.45, 2.75) is 19.3 Å². The Hall–Kier alpha value is -2.01. The number of aliphatic imine (C=N–C) groups is 1. The lowest BCUT2D eigenvalue weighted by Gasteiger charge is -2.23. The Balaban J connectivity index is 2.01. The lowest BCUT2D eigenvalue weighted by molar-refractivity contribution is 0.415. The minimum atomic E-state index is -0.0904. The van der Waals surface area contributed by atoms with Gasteiger partial charge in [0.1, 0.15) is 5.75 Å². The highest BCUT2D eigenvalue weighted by Crippen LogP contribution is 2.25. The number of hydrogen-bond acceptors (Lipinski definition) is 2. The molecule has 0 fully saturated rings. The Morgan fingerprint density at radius 1 is 1.13 bits per heavy atom. The van der Waals surface area contributed by atoms with Crippen LogP contribution in [0.4, 0.5) is 5.69 Å². The third-order valence-corrected chi connectivity index (χ3v) is 4.16. The Morgan fingerprint density at radius 3 is 2.30 bits per heavy atom. The molecule has 0 amide bonds. The number of nitrogens with one attached hydrogen (secondary N) is 1. The van der Waals surface area contributed by atoms with Crippen LogP contribution in [0.2, 0.25) is 0 Å². The van der Waals surface area contributed by atoms with Crippen LogP contribution in [0, 0.1) is 0 Å². The van der Waals surface area contributed by atoms with Gasteiger partial charge in [-0.2, -0.15) is 0 Å². The predicted octanol–water partition coefficient (Wildman–Crippen LogP) is 4.16. The third-order valence-electron chi connectivity index (χ3n) is 3.63. The van der Waals surface area contributed by atoms with Gasteiger partial charge in [-0.05, 0) is 42.0 Å². The molecule has 0 unspecified atom stereocenters. The first kappa shape index (κ1) is 17.3. The average Bonchev–Trinajstić information content (AvgIpc) is 2.54. The maximum absolute atomic E-state index is 5.99. The Bertz CT molecular complexity index is 664. The second-order valence-electron chi connectivity index (χ2n) is 5.95. The molecular formula is C18H22BrN3O. The van der Waals surface area contributed by atoms with Gasteiger partial charge in [-0.25, -0.2) is 0 Å². The molecule has 0 aromatic heterocycles. The van der Waals surface area contributed by atoms with Gasteiger partial charge in [0.2, 0.25) is 0 Å². The van der Waals surface area contributed by atoms with E-state index in [-0.39, 0.29) is 5.41 Å². The first-order chi connectivity index (χ1) is 10.9. The van der Waals surface area contributed by atoms with E-state index in [0.29, 0.717) is 12.5 Å². The van der Waals surface area contributed by atoms with Crippen LogP contribution in [0.5, 0.6) is 5.75 Å². The van der Waals surface area contributed by atoms with E-state index in [4.69, 9.17) is 10.5 Å². The number of guanidine groups is 1. The van der Waals surface area contributed by atoms with E-state index in [1.165, 1.54) is 5.56 Å². The van der Waals surface area contributed by atoms with Crippen molar-refractivity contribution in [1.82, 2.24) is 0 Å². The van der Waals surface area contributed by atoms with Crippen LogP contribution in [0.15, 0.2) is 58.0 Å². The summed E-state index contributed by atoms with van der Waals surface area (Å²) in [4.78, 5) is 4.47. The van der Waals surface area contributed by atoms with Crippen molar-refractivity contribution in [3.05, 3.63) is 58.6 Å². The maximum Gasteiger partial charge on any atom is 0.193 e. The molecule has 2 rings (SSSR count). The molecule has 5 heteroatoms. The second kappa shape index (κ2) is 7.51. The van der Waals surface area contributed by atoms with Gasteiger partial charge in [0.25, 0.3) is 0 Å². The van der Waals surface area contributed by atoms with E-state index in [0.717, 1.165) is 15.9 Å². The Morgan fingerprint density at radius 2 is 1.74 bits per heavy atom. The number of rotatable bonds is 5. The summed E-state index contributed by atoms with van der Waals surface area (Å²) in [5.41, 5.74) is 8.00. The van der Waals surface area contributed by atoms with Crippen LogP contribution in [0.25, 0.3) is 0 Å². The number of methoxy groups -OCH3 is 1. The van der Waals surface area contributed by atoms with Gasteiger partial charge in [-0.15, -0.1) is 0 Å². The summed E-state index contributed by atoms with van der Waals surface area (Å²) in [7, 11) is 1.64. The number of nitrogens with two attached hydrogens (primary N) is 1. The monoisotopic (exact) mass is 375 g/mol. The minimum Gasteiger partial charge on any atom is -0.497 e. The first-order valence-electron chi connectivity index (χ1n) is 7.38. The maximum atomic E-state index is 5.99. The zero-order valence-electron chi connectivity index (χ0n) is 13.6. The molecule has 0 spiro atoms. The van der Waals surface area contributed by atoms with Crippen molar-refractivity contribution in [3.8, 4) is 5.75 Å². The molecule has 0 heterocycles. The highest BCUT2D eigenvalue weighted by atomic mass is 79.9. The molecular weight excluding hydrogens is 354 g/mol. The minimum absolute atomic E-state index is 0.0904. The lowest BCUT2D eigenvalue weighted by Crippen LogP contribution is -2.27. The Labute approximate surface area is 145 Å². The highest BCUT2D eigenvalue weighted by molar-refractivity contribution is 9.10. The molecule has 0 bridgehead atoms. The van der Waals surface area contributed by atoms with Crippen molar-refractivity contribution >= 4 is 27.6 Å². The van der Waals surface area contributed by atoms with E-state index >= 15 is 0 Å². The number of ether oxygens (including phenoxy) is 1. The molecule has 0 aliphatic carbocycles. The molecule has 4 nitrogen and oxygen atoms in total. The standard InChI is InChI=1S/C18H22BrN3O/c1-18(2,13-4-6-14(19)7-5-13)12-21-17(20)22-15-8-10-16(23-3)11-9-15/h4-11H,12H2,1-3H3,(H3,20,21,22). The van der Waals surface area contributed by atoms with Gasteiger partial charge in [-0.1, -0.05) is 41.9 Å². The van der Waals surface area contributed by atoms with Crippen molar-refractivity contribution in [2.24, 2.45) is 10.7 Å². The zero-order chi connectivity index (χ0) is 16.9. The van der Waals surface area contributed by atoms with Crippen molar-refractivity contribution in [3.63, 3.8) is 0 Å². The summed E-state index contributed by atoms with van der Waals surface area (Å²) in [5.74, 6) is 1.21. The number of hydrogen-bond donors (Lipinski definition) is 2. The van der Waals surface area contributed by atoms with Crippen LogP contribution in [0.3, 0.4) is 0 Å². The molecule has 3 N–H and O–H groups in total. The molecule has 0 saturated carbocycles. The van der Waals surface area contributed by atoms with Crippen LogP contribution in [0.1, 0.15) is 19.4 Å². The normalized spacial score (nSPS) is 12.1. The molecule has 2 aromatic carbocycles. The number of anilines is 1. The van der Waals surface area contributed by atoms with E-state index in [1.807, 2.05) is 36.4 Å². The fourth-order valence-corrected chi connectivity index (χ4v) is 2.40. The zero-order valence-corrected chi connectivity index (χ0v) is 15.2. The van der Waals surface area contributed by atoms with Gasteiger partial charge in [0, 0.05) is 15.6 Å². The summed E-state index contributed by atoms with van der Waals surface area (Å²) in [5, 5.41) is 3.09. The number of halogens is 1. The molecule has 0 aliphatic rings. The summed E-state index contributed by atoms with van der Waals surface area (Å²) in [6.07, 6.45) is 0. The SMILES string of the molecule is COc1ccc(NC(N)=NCC(C)(C)c2ccc(Br)cc2)cc1. The predicted molar refractivity (Wildman–Crippen MR) is 100 cm³/mol. The van der Waals surface area contributed by atoms with Gasteiger partial charge < -0.3 is 15.8 Å². The van der Waals surface area contributed by atoms with E-state index in [9.17, 15) is 0 Å². The molecule has 0 radical (unpaired) electrons. The summed E-state index contributed by atoms with van der Waals surface area (Å²) >= 11 is 3.46. The first-order valence-corrected chi connectivity index (χ1v) is 8.17. The number of benzene rings is 2. The molecule has 122 valence electrons. The van der Waals surface area contributed by atoms with Crippen LogP contribution in [-0.2, 0) is 5.41 Å². The van der Waals surface area contributed by atoms with Crippen LogP contribution in [-0.4, -0.2) is 19.6 Å². The summed E-state index contributed by atoms with van der Waals surface area (Å²) in [6.45, 7) is 4.91. The fraction of sp³-hybridized carbons (Fsp3) is 0.278. The van der Waals surface area contributed by atoms with Gasteiger partial charge in [-0.3, -0.25) is 4.99 Å². The molecule has 23 heavy (non-hydrogen) atoms. The van der Waals surface area contributed by atoms with Gasteiger partial charge in [0.15, 0.2) is 5.96 Å². The van der Waals surface area contributed by atoms with Crippen LogP contribution < -0.4 is 15.8 Å². The highest BCUT2D eigenvalue weighted by Gasteiger charge is 2.20. The summed E-state index contributed by atoms with van der Waals surface area (Å²) in [6, 6.07) is 15.9. The molecule has 0 saturated heterocycles. The van der Waals surface area contributed by atoms with Gasteiger partial charge >= 0.3 is 0 Å². The van der Waals surface area contributed by atoms with Gasteiger partial charge in [0.05, 0.1) is 13.7 Å². The molecule has 0 atom stereocenters. The van der Waals surface area contributed by atoms with Crippen molar-refractivity contribution < 1.29 is 4.74 Å². The molecule has 0 aliphatic heterocycles. The van der Waals surface area contributed by atoms with E-state index in [2.05, 4.69) is 52.2 Å². The largest absolute Gasteiger partial charge is 0.497 e. The van der Waals surface area contributed by atoms with E-state index in [1.54, 1.807) is 7.11 Å². The van der Waals surface area contributed by atoms with E-state index < -0.39 is 0 Å². The average molecular weight is 376 g/mol. The van der Waals surface area contributed by atoms with Crippen LogP contribution >= 0.6 is 15.9 Å². The lowest BCUT2D eigenvalue weighted by atomic mass is 9.85. The smallest absolute Gasteiger partial charge is 0.193 e. The number of nitrogens with zero attached hydrogens (tertiary/aromatic N) is 1. The summed E-state index contributed by atoms with van der Waals surface area (Å²) < 4.78 is 6.20. The second-order valence-corrected chi connectivity index (χ2v) is 6.86. The topological polar surface area (TPSA) is 59.6 Å². The quantitative estimate of drug-likeness (QED) is 0.609. The van der Waals surface area contributed by atoms with Crippen molar-refractivity contribution in [1.29, 1.82) is 0 Å². The Kier molecular flexibility index (Phi) is 5.66. The fourth-order valence-electron chi connectivity index (χ4n) is 2.14. The van der Waals surface area contributed by atoms with Crippen molar-refractivity contribution in [2.75, 3.05) is 19.0 Å². The molecule has 2 aromatic rings.